The highest BCUT2D eigenvalue weighted by Gasteiger charge is 2.12. The van der Waals surface area contributed by atoms with Gasteiger partial charge in [-0.2, -0.15) is 0 Å². The zero-order valence-corrected chi connectivity index (χ0v) is 12.5. The van der Waals surface area contributed by atoms with Crippen LogP contribution in [0.4, 0.5) is 5.82 Å². The second-order valence-corrected chi connectivity index (χ2v) is 4.84. The number of para-hydroxylation sites is 2. The Labute approximate surface area is 131 Å². The number of fused-ring (bicyclic) bond motifs is 1. The van der Waals surface area contributed by atoms with Gasteiger partial charge in [0.15, 0.2) is 17.2 Å². The maximum absolute atomic E-state index is 12.1. The van der Waals surface area contributed by atoms with Crippen molar-refractivity contribution in [3.05, 3.63) is 53.1 Å². The van der Waals surface area contributed by atoms with Crippen LogP contribution >= 0.6 is 0 Å². The number of carbonyl (C=O) groups excluding carboxylic acids is 1. The third kappa shape index (κ3) is 3.08. The number of benzene rings is 1. The predicted octanol–water partition coefficient (Wildman–Crippen LogP) is 2.03. The third-order valence-corrected chi connectivity index (χ3v) is 3.38. The van der Waals surface area contributed by atoms with E-state index in [1.54, 1.807) is 36.5 Å². The zero-order chi connectivity index (χ0) is 16.2. The van der Waals surface area contributed by atoms with Crippen molar-refractivity contribution in [2.24, 2.45) is 0 Å². The molecule has 2 aromatic heterocycles. The van der Waals surface area contributed by atoms with E-state index in [9.17, 15) is 9.59 Å². The highest BCUT2D eigenvalue weighted by Crippen LogP contribution is 2.20. The molecule has 1 amide bonds. The Kier molecular flexibility index (Phi) is 4.09. The maximum Gasteiger partial charge on any atom is 0.419 e. The summed E-state index contributed by atoms with van der Waals surface area (Å²) in [6, 6.07) is 10.5. The van der Waals surface area contributed by atoms with E-state index in [0.29, 0.717) is 22.7 Å². The van der Waals surface area contributed by atoms with E-state index in [1.165, 1.54) is 11.7 Å². The molecule has 118 valence electrons. The number of aromatic nitrogens is 2. The first kappa shape index (κ1) is 14.8. The molecule has 0 saturated carbocycles. The Morgan fingerprint density at radius 1 is 1.30 bits per heavy atom. The fourth-order valence-corrected chi connectivity index (χ4v) is 2.28. The smallest absolute Gasteiger partial charge is 0.419 e. The minimum atomic E-state index is -0.477. The van der Waals surface area contributed by atoms with E-state index in [2.05, 4.69) is 10.3 Å². The first-order valence-electron chi connectivity index (χ1n) is 7.06. The number of carbonyl (C=O) groups is 1. The molecule has 23 heavy (non-hydrogen) atoms. The molecule has 7 nitrogen and oxygen atoms in total. The van der Waals surface area contributed by atoms with Crippen LogP contribution < -0.4 is 15.8 Å². The molecule has 0 aliphatic rings. The highest BCUT2D eigenvalue weighted by molar-refractivity contribution is 5.91. The van der Waals surface area contributed by atoms with Crippen LogP contribution in [0, 0.1) is 0 Å². The standard InChI is InChI=1S/C16H15N3O4/c1-22-13-7-4-9-17-15(13)18-14(20)8-10-19-11-5-2-3-6-12(11)23-16(19)21/h2-7,9H,8,10H2,1H3,(H,17,18,20). The van der Waals surface area contributed by atoms with Gasteiger partial charge in [0.05, 0.1) is 12.6 Å². The zero-order valence-electron chi connectivity index (χ0n) is 12.5. The van der Waals surface area contributed by atoms with Crippen LogP contribution in [0.2, 0.25) is 0 Å². The number of aryl methyl sites for hydroxylation is 1. The average molecular weight is 313 g/mol. The van der Waals surface area contributed by atoms with Gasteiger partial charge in [0.2, 0.25) is 5.91 Å². The van der Waals surface area contributed by atoms with Crippen molar-refractivity contribution >= 4 is 22.8 Å². The molecule has 0 fully saturated rings. The number of pyridine rings is 1. The highest BCUT2D eigenvalue weighted by atomic mass is 16.5. The Balaban J connectivity index is 1.71. The summed E-state index contributed by atoms with van der Waals surface area (Å²) in [4.78, 5) is 28.0. The first-order valence-corrected chi connectivity index (χ1v) is 7.06. The number of oxazole rings is 1. The molecular formula is C16H15N3O4. The molecule has 7 heteroatoms. The van der Waals surface area contributed by atoms with Gasteiger partial charge in [0.25, 0.3) is 0 Å². The number of rotatable bonds is 5. The Morgan fingerprint density at radius 2 is 2.13 bits per heavy atom. The summed E-state index contributed by atoms with van der Waals surface area (Å²) >= 11 is 0. The summed E-state index contributed by atoms with van der Waals surface area (Å²) in [5, 5.41) is 2.67. The molecule has 0 radical (unpaired) electrons. The number of amides is 1. The molecule has 3 aromatic rings. The Morgan fingerprint density at radius 3 is 2.96 bits per heavy atom. The van der Waals surface area contributed by atoms with Crippen LogP contribution in [0.25, 0.3) is 11.1 Å². The lowest BCUT2D eigenvalue weighted by Crippen LogP contribution is -2.20. The Hall–Kier alpha value is -3.09. The molecule has 0 atom stereocenters. The van der Waals surface area contributed by atoms with Crippen molar-refractivity contribution in [3.8, 4) is 5.75 Å². The summed E-state index contributed by atoms with van der Waals surface area (Å²) in [6.45, 7) is 0.219. The van der Waals surface area contributed by atoms with Crippen molar-refractivity contribution in [2.75, 3.05) is 12.4 Å². The van der Waals surface area contributed by atoms with Gasteiger partial charge >= 0.3 is 5.76 Å². The fraction of sp³-hybridized carbons (Fsp3) is 0.188. The minimum Gasteiger partial charge on any atom is -0.493 e. The molecule has 1 aromatic carbocycles. The first-order chi connectivity index (χ1) is 11.2. The summed E-state index contributed by atoms with van der Waals surface area (Å²) in [7, 11) is 1.50. The molecular weight excluding hydrogens is 298 g/mol. The summed E-state index contributed by atoms with van der Waals surface area (Å²) < 4.78 is 11.7. The van der Waals surface area contributed by atoms with Crippen LogP contribution in [0.3, 0.4) is 0 Å². The van der Waals surface area contributed by atoms with Crippen molar-refractivity contribution in [1.82, 2.24) is 9.55 Å². The molecule has 0 spiro atoms. The van der Waals surface area contributed by atoms with Gasteiger partial charge in [-0.25, -0.2) is 9.78 Å². The lowest BCUT2D eigenvalue weighted by Gasteiger charge is -2.08. The molecule has 0 unspecified atom stereocenters. The van der Waals surface area contributed by atoms with E-state index in [4.69, 9.17) is 9.15 Å². The number of hydrogen-bond acceptors (Lipinski definition) is 5. The number of ether oxygens (including phenoxy) is 1. The topological polar surface area (TPSA) is 86.4 Å². The molecule has 3 rings (SSSR count). The van der Waals surface area contributed by atoms with Gasteiger partial charge in [-0.3, -0.25) is 9.36 Å². The van der Waals surface area contributed by atoms with E-state index >= 15 is 0 Å². The molecule has 2 heterocycles. The van der Waals surface area contributed by atoms with E-state index in [-0.39, 0.29) is 18.9 Å². The van der Waals surface area contributed by atoms with E-state index in [0.717, 1.165) is 0 Å². The van der Waals surface area contributed by atoms with Gasteiger partial charge in [-0.15, -0.1) is 0 Å². The van der Waals surface area contributed by atoms with Gasteiger partial charge in [0.1, 0.15) is 0 Å². The molecule has 0 saturated heterocycles. The maximum atomic E-state index is 12.1. The molecule has 0 aliphatic carbocycles. The number of nitrogens with one attached hydrogen (secondary N) is 1. The summed E-state index contributed by atoms with van der Waals surface area (Å²) in [5.74, 6) is 0.0878. The molecule has 0 aliphatic heterocycles. The van der Waals surface area contributed by atoms with Gasteiger partial charge in [-0.05, 0) is 24.3 Å². The molecule has 0 bridgehead atoms. The number of nitrogens with zero attached hydrogens (tertiary/aromatic N) is 2. The third-order valence-electron chi connectivity index (χ3n) is 3.38. The van der Waals surface area contributed by atoms with Crippen LogP contribution in [-0.4, -0.2) is 22.6 Å². The van der Waals surface area contributed by atoms with Gasteiger partial charge in [-0.1, -0.05) is 12.1 Å². The average Bonchev–Trinajstić information content (AvgIpc) is 2.88. The number of anilines is 1. The van der Waals surface area contributed by atoms with Crippen LogP contribution in [0.15, 0.2) is 51.8 Å². The quantitative estimate of drug-likeness (QED) is 0.779. The Bertz CT molecular complexity index is 897. The van der Waals surface area contributed by atoms with Gasteiger partial charge < -0.3 is 14.5 Å². The van der Waals surface area contributed by atoms with Gasteiger partial charge in [0, 0.05) is 19.2 Å². The lowest BCUT2D eigenvalue weighted by molar-refractivity contribution is -0.116. The summed E-state index contributed by atoms with van der Waals surface area (Å²) in [5.41, 5.74) is 1.17. The van der Waals surface area contributed by atoms with Crippen LogP contribution in [0.1, 0.15) is 6.42 Å². The fourth-order valence-electron chi connectivity index (χ4n) is 2.28. The van der Waals surface area contributed by atoms with Crippen LogP contribution in [-0.2, 0) is 11.3 Å². The number of hydrogen-bond donors (Lipinski definition) is 1. The largest absolute Gasteiger partial charge is 0.493 e. The van der Waals surface area contributed by atoms with Crippen molar-refractivity contribution in [1.29, 1.82) is 0 Å². The second kappa shape index (κ2) is 6.35. The SMILES string of the molecule is COc1cccnc1NC(=O)CCn1c(=O)oc2ccccc21. The lowest BCUT2D eigenvalue weighted by atomic mass is 10.3. The van der Waals surface area contributed by atoms with Crippen LogP contribution in [0.5, 0.6) is 5.75 Å². The van der Waals surface area contributed by atoms with Crippen molar-refractivity contribution < 1.29 is 13.9 Å². The van der Waals surface area contributed by atoms with Crippen molar-refractivity contribution in [2.45, 2.75) is 13.0 Å². The molecule has 1 N–H and O–H groups in total. The number of methoxy groups -OCH3 is 1. The predicted molar refractivity (Wildman–Crippen MR) is 84.5 cm³/mol. The van der Waals surface area contributed by atoms with Crippen molar-refractivity contribution in [3.63, 3.8) is 0 Å². The van der Waals surface area contributed by atoms with E-state index in [1.807, 2.05) is 6.07 Å². The minimum absolute atomic E-state index is 0.114. The normalized spacial score (nSPS) is 10.7. The monoisotopic (exact) mass is 313 g/mol. The summed E-state index contributed by atoms with van der Waals surface area (Å²) in [6.07, 6.45) is 1.68. The second-order valence-electron chi connectivity index (χ2n) is 4.84. The van der Waals surface area contributed by atoms with E-state index < -0.39 is 5.76 Å².